The monoisotopic (exact) mass is 329 g/mol. The SMILES string of the molecule is CCOC(=O)C1SC(NC(=O)COC2CCCCC2)CC1C. The minimum Gasteiger partial charge on any atom is -0.465 e. The van der Waals surface area contributed by atoms with Gasteiger partial charge in [0.1, 0.15) is 11.9 Å². The van der Waals surface area contributed by atoms with Crippen molar-refractivity contribution >= 4 is 23.6 Å². The molecule has 126 valence electrons. The third-order valence-electron chi connectivity index (χ3n) is 4.26. The quantitative estimate of drug-likeness (QED) is 0.759. The van der Waals surface area contributed by atoms with E-state index >= 15 is 0 Å². The fourth-order valence-corrected chi connectivity index (χ4v) is 4.61. The van der Waals surface area contributed by atoms with Crippen molar-refractivity contribution in [2.75, 3.05) is 13.2 Å². The highest BCUT2D eigenvalue weighted by atomic mass is 32.2. The first kappa shape index (κ1) is 17.6. The van der Waals surface area contributed by atoms with Crippen LogP contribution in [0, 0.1) is 5.92 Å². The van der Waals surface area contributed by atoms with Crippen molar-refractivity contribution in [1.82, 2.24) is 5.32 Å². The Balaban J connectivity index is 1.69. The van der Waals surface area contributed by atoms with E-state index in [1.165, 1.54) is 31.0 Å². The molecule has 2 fully saturated rings. The Kier molecular flexibility index (Phi) is 7.02. The van der Waals surface area contributed by atoms with E-state index < -0.39 is 0 Å². The van der Waals surface area contributed by atoms with Crippen LogP contribution in [-0.4, -0.2) is 41.8 Å². The summed E-state index contributed by atoms with van der Waals surface area (Å²) in [6, 6.07) is 0. The van der Waals surface area contributed by atoms with Gasteiger partial charge in [-0.25, -0.2) is 0 Å². The Morgan fingerprint density at radius 3 is 2.64 bits per heavy atom. The fourth-order valence-electron chi connectivity index (χ4n) is 3.08. The number of rotatable bonds is 6. The largest absolute Gasteiger partial charge is 0.465 e. The lowest BCUT2D eigenvalue weighted by atomic mass is 9.98. The highest BCUT2D eigenvalue weighted by molar-refractivity contribution is 8.01. The van der Waals surface area contributed by atoms with Gasteiger partial charge in [0.15, 0.2) is 0 Å². The Hall–Kier alpha value is -0.750. The van der Waals surface area contributed by atoms with E-state index in [4.69, 9.17) is 9.47 Å². The van der Waals surface area contributed by atoms with Crippen LogP contribution in [0.25, 0.3) is 0 Å². The van der Waals surface area contributed by atoms with Gasteiger partial charge in [-0.05, 0) is 32.1 Å². The molecule has 22 heavy (non-hydrogen) atoms. The molecular formula is C16H27NO4S. The Labute approximate surface area is 136 Å². The highest BCUT2D eigenvalue weighted by Crippen LogP contribution is 2.37. The molecule has 3 unspecified atom stereocenters. The molecule has 2 rings (SSSR count). The van der Waals surface area contributed by atoms with Crippen molar-refractivity contribution in [1.29, 1.82) is 0 Å². The minimum absolute atomic E-state index is 0.0214. The number of thioether (sulfide) groups is 1. The summed E-state index contributed by atoms with van der Waals surface area (Å²) in [5, 5.41) is 2.77. The van der Waals surface area contributed by atoms with Crippen LogP contribution in [0.2, 0.25) is 0 Å². The molecule has 0 aromatic heterocycles. The topological polar surface area (TPSA) is 64.6 Å². The zero-order valence-electron chi connectivity index (χ0n) is 13.5. The maximum atomic E-state index is 12.0. The molecule has 1 saturated heterocycles. The predicted molar refractivity (Wildman–Crippen MR) is 86.5 cm³/mol. The maximum Gasteiger partial charge on any atom is 0.319 e. The number of carbonyl (C=O) groups is 2. The second kappa shape index (κ2) is 8.77. The molecule has 0 spiro atoms. The number of amides is 1. The van der Waals surface area contributed by atoms with Gasteiger partial charge in [-0.3, -0.25) is 9.59 Å². The number of hydrogen-bond donors (Lipinski definition) is 1. The first-order valence-electron chi connectivity index (χ1n) is 8.33. The molecule has 1 heterocycles. The molecule has 1 N–H and O–H groups in total. The lowest BCUT2D eigenvalue weighted by Crippen LogP contribution is -2.35. The van der Waals surface area contributed by atoms with Gasteiger partial charge in [-0.15, -0.1) is 11.8 Å². The molecule has 0 aromatic rings. The van der Waals surface area contributed by atoms with E-state index in [1.807, 2.05) is 13.8 Å². The second-order valence-corrected chi connectivity index (χ2v) is 7.50. The van der Waals surface area contributed by atoms with Gasteiger partial charge >= 0.3 is 5.97 Å². The van der Waals surface area contributed by atoms with E-state index in [1.54, 1.807) is 0 Å². The maximum absolute atomic E-state index is 12.0. The summed E-state index contributed by atoms with van der Waals surface area (Å²) >= 11 is 1.49. The molecule has 1 aliphatic carbocycles. The van der Waals surface area contributed by atoms with E-state index in [-0.39, 0.29) is 41.1 Å². The van der Waals surface area contributed by atoms with Gasteiger partial charge in [-0.1, -0.05) is 26.2 Å². The van der Waals surface area contributed by atoms with Gasteiger partial charge < -0.3 is 14.8 Å². The predicted octanol–water partition coefficient (Wildman–Crippen LogP) is 2.48. The standard InChI is InChI=1S/C16H27NO4S/c1-3-20-16(19)15-11(2)9-14(22-15)17-13(18)10-21-12-7-5-4-6-8-12/h11-12,14-15H,3-10H2,1-2H3,(H,17,18). The van der Waals surface area contributed by atoms with Crippen LogP contribution in [0.1, 0.15) is 52.4 Å². The molecule has 0 bridgehead atoms. The van der Waals surface area contributed by atoms with Crippen LogP contribution in [0.15, 0.2) is 0 Å². The van der Waals surface area contributed by atoms with Crippen LogP contribution in [0.3, 0.4) is 0 Å². The molecular weight excluding hydrogens is 302 g/mol. The van der Waals surface area contributed by atoms with E-state index in [2.05, 4.69) is 5.32 Å². The first-order chi connectivity index (χ1) is 10.6. The third kappa shape index (κ3) is 5.16. The highest BCUT2D eigenvalue weighted by Gasteiger charge is 2.38. The van der Waals surface area contributed by atoms with Crippen molar-refractivity contribution in [2.45, 2.75) is 69.1 Å². The van der Waals surface area contributed by atoms with Crippen molar-refractivity contribution in [3.8, 4) is 0 Å². The summed E-state index contributed by atoms with van der Waals surface area (Å²) in [6.07, 6.45) is 6.83. The number of ether oxygens (including phenoxy) is 2. The lowest BCUT2D eigenvalue weighted by molar-refractivity contribution is -0.143. The minimum atomic E-state index is -0.176. The van der Waals surface area contributed by atoms with Crippen molar-refractivity contribution in [3.63, 3.8) is 0 Å². The molecule has 1 aliphatic heterocycles. The second-order valence-electron chi connectivity index (χ2n) is 6.15. The van der Waals surface area contributed by atoms with Crippen molar-refractivity contribution < 1.29 is 19.1 Å². The fraction of sp³-hybridized carbons (Fsp3) is 0.875. The van der Waals surface area contributed by atoms with Crippen LogP contribution >= 0.6 is 11.8 Å². The number of esters is 1. The van der Waals surface area contributed by atoms with Crippen molar-refractivity contribution in [3.05, 3.63) is 0 Å². The smallest absolute Gasteiger partial charge is 0.319 e. The van der Waals surface area contributed by atoms with E-state index in [9.17, 15) is 9.59 Å². The normalized spacial score (nSPS) is 29.3. The summed E-state index contributed by atoms with van der Waals surface area (Å²) in [7, 11) is 0. The number of nitrogens with one attached hydrogen (secondary N) is 1. The van der Waals surface area contributed by atoms with Crippen LogP contribution in [0.5, 0.6) is 0 Å². The molecule has 3 atom stereocenters. The summed E-state index contributed by atoms with van der Waals surface area (Å²) in [5.74, 6) is -0.0383. The summed E-state index contributed by atoms with van der Waals surface area (Å²) in [6.45, 7) is 4.36. The Morgan fingerprint density at radius 2 is 1.95 bits per heavy atom. The zero-order valence-corrected chi connectivity index (χ0v) is 14.3. The van der Waals surface area contributed by atoms with Gasteiger partial charge in [0, 0.05) is 0 Å². The van der Waals surface area contributed by atoms with Crippen LogP contribution in [0.4, 0.5) is 0 Å². The summed E-state index contributed by atoms with van der Waals surface area (Å²) < 4.78 is 10.8. The lowest BCUT2D eigenvalue weighted by Gasteiger charge is -2.22. The average Bonchev–Trinajstić information content (AvgIpc) is 2.87. The molecule has 0 radical (unpaired) electrons. The summed E-state index contributed by atoms with van der Waals surface area (Å²) in [4.78, 5) is 23.8. The van der Waals surface area contributed by atoms with Gasteiger partial charge in [-0.2, -0.15) is 0 Å². The molecule has 5 nitrogen and oxygen atoms in total. The van der Waals surface area contributed by atoms with Gasteiger partial charge in [0.05, 0.1) is 18.1 Å². The van der Waals surface area contributed by atoms with E-state index in [0.717, 1.165) is 19.3 Å². The third-order valence-corrected chi connectivity index (χ3v) is 5.85. The first-order valence-corrected chi connectivity index (χ1v) is 9.27. The molecule has 0 aromatic carbocycles. The average molecular weight is 329 g/mol. The van der Waals surface area contributed by atoms with Gasteiger partial charge in [0.25, 0.3) is 0 Å². The zero-order chi connectivity index (χ0) is 15.9. The molecule has 2 aliphatic rings. The molecule has 1 amide bonds. The summed E-state index contributed by atoms with van der Waals surface area (Å²) in [5.41, 5.74) is 0. The van der Waals surface area contributed by atoms with Gasteiger partial charge in [0.2, 0.25) is 5.91 Å². The molecule has 6 heteroatoms. The Morgan fingerprint density at radius 1 is 1.23 bits per heavy atom. The Bertz CT molecular complexity index is 384. The molecule has 1 saturated carbocycles. The van der Waals surface area contributed by atoms with Crippen LogP contribution < -0.4 is 5.32 Å². The number of hydrogen-bond acceptors (Lipinski definition) is 5. The van der Waals surface area contributed by atoms with Crippen LogP contribution in [-0.2, 0) is 19.1 Å². The van der Waals surface area contributed by atoms with E-state index in [0.29, 0.717) is 6.61 Å². The van der Waals surface area contributed by atoms with Crippen molar-refractivity contribution in [2.24, 2.45) is 5.92 Å². The number of carbonyl (C=O) groups excluding carboxylic acids is 2.